The highest BCUT2D eigenvalue weighted by atomic mass is 79.9. The minimum atomic E-state index is -5.05. The fourth-order valence-electron chi connectivity index (χ4n) is 13.6. The molecule has 1 unspecified atom stereocenters. The van der Waals surface area contributed by atoms with Crippen LogP contribution in [0.1, 0.15) is 61.6 Å². The minimum Gasteiger partial charge on any atom is -0.508 e. The highest BCUT2D eigenvalue weighted by molar-refractivity contribution is 9.10. The number of amidine groups is 4. The number of aliphatic hydroxyl groups is 9. The molecule has 8 aromatic rings. The van der Waals surface area contributed by atoms with Crippen LogP contribution >= 0.6 is 63.0 Å². The van der Waals surface area contributed by atoms with E-state index in [2.05, 4.69) is 104 Å². The van der Waals surface area contributed by atoms with Crippen molar-refractivity contribution in [1.82, 2.24) is 81.2 Å². The third-order valence-electron chi connectivity index (χ3n) is 19.6. The Morgan fingerprint density at radius 3 is 1.15 bits per heavy atom. The van der Waals surface area contributed by atoms with Crippen molar-refractivity contribution in [2.45, 2.75) is 205 Å². The zero-order chi connectivity index (χ0) is 84.9. The maximum atomic E-state index is 13.9. The number of halogens is 4. The molecule has 8 aliphatic heterocycles. The molecule has 0 spiro atoms. The number of phenolic OH excluding ortho intramolecular Hbond substituents is 1. The maximum Gasteiger partial charge on any atom is 0.427 e. The number of rotatable bonds is 23. The highest BCUT2D eigenvalue weighted by Crippen LogP contribution is 2.44. The summed E-state index contributed by atoms with van der Waals surface area (Å²) in [6.07, 6.45) is -10.4. The van der Waals surface area contributed by atoms with Crippen LogP contribution in [0.4, 0.5) is 13.2 Å². The van der Waals surface area contributed by atoms with Crippen LogP contribution in [0.3, 0.4) is 0 Å². The smallest absolute Gasteiger partial charge is 0.427 e. The van der Waals surface area contributed by atoms with Gasteiger partial charge in [-0.15, -0.1) is 20.4 Å². The summed E-state index contributed by atoms with van der Waals surface area (Å²) in [6.45, 7) is 11.3. The molecule has 0 radical (unpaired) electrons. The van der Waals surface area contributed by atoms with Gasteiger partial charge in [-0.3, -0.25) is 20.0 Å². The molecule has 12 heterocycles. The first-order valence-corrected chi connectivity index (χ1v) is 42.4. The summed E-state index contributed by atoms with van der Waals surface area (Å²) in [5.74, 6) is 1.94. The lowest BCUT2D eigenvalue weighted by Gasteiger charge is -2.38. The van der Waals surface area contributed by atoms with Gasteiger partial charge in [-0.1, -0.05) is 132 Å². The number of nitrogens with zero attached hydrogens (tertiary/aromatic N) is 17. The average Bonchev–Trinajstić information content (AvgIpc) is 1.51. The summed E-state index contributed by atoms with van der Waals surface area (Å²) in [5.41, 5.74) is -3.64. The molecule has 4 aromatic carbocycles. The molecule has 0 amide bonds. The van der Waals surface area contributed by atoms with E-state index in [4.69, 9.17) is 38.4 Å². The van der Waals surface area contributed by atoms with Gasteiger partial charge in [-0.2, -0.15) is 18.4 Å². The van der Waals surface area contributed by atoms with E-state index in [1.165, 1.54) is 71.3 Å². The van der Waals surface area contributed by atoms with Gasteiger partial charge in [0.05, 0.1) is 86.8 Å². The lowest BCUT2D eigenvalue weighted by molar-refractivity contribution is -0.249. The molecule has 644 valence electrons. The number of hydrogen-bond acceptors (Lipinski definition) is 34. The van der Waals surface area contributed by atoms with Gasteiger partial charge >= 0.3 is 6.18 Å². The average molecular weight is 1810 g/mol. The third-order valence-corrected chi connectivity index (χ3v) is 24.5. The molecule has 46 heteroatoms. The summed E-state index contributed by atoms with van der Waals surface area (Å²) < 4.78 is 89.1. The Balaban J connectivity index is 0.000000138. The Kier molecular flexibility index (Phi) is 30.0. The van der Waals surface area contributed by atoms with Crippen molar-refractivity contribution in [1.29, 1.82) is 5.26 Å². The number of nitriles is 1. The Labute approximate surface area is 709 Å². The van der Waals surface area contributed by atoms with Gasteiger partial charge in [-0.25, -0.2) is 18.7 Å². The number of benzene rings is 4. The first-order valence-electron chi connectivity index (χ1n) is 38.1. The van der Waals surface area contributed by atoms with Crippen LogP contribution in [0.5, 0.6) is 23.0 Å². The summed E-state index contributed by atoms with van der Waals surface area (Å²) >= 11 is 8.92. The van der Waals surface area contributed by atoms with Crippen LogP contribution in [0.15, 0.2) is 152 Å². The molecular formula is C74H89BrF3N21O17S4. The van der Waals surface area contributed by atoms with Crippen molar-refractivity contribution in [2.75, 3.05) is 26.2 Å². The van der Waals surface area contributed by atoms with Gasteiger partial charge in [0.1, 0.15) is 161 Å². The lowest BCUT2D eigenvalue weighted by Crippen LogP contribution is -2.59. The number of aliphatic imine (C=N–C) groups is 4. The van der Waals surface area contributed by atoms with Gasteiger partial charge in [0.15, 0.2) is 20.7 Å². The van der Waals surface area contributed by atoms with Gasteiger partial charge in [0, 0.05) is 36.7 Å². The molecule has 0 bridgehead atoms. The quantitative estimate of drug-likeness (QED) is 0.0436. The number of aromatic hydroxyl groups is 1. The zero-order valence-electron chi connectivity index (χ0n) is 64.5. The van der Waals surface area contributed by atoms with Crippen molar-refractivity contribution >= 4 is 83.6 Å². The molecule has 8 fully saturated rings. The molecule has 16 rings (SSSR count). The largest absolute Gasteiger partial charge is 0.508 e. The van der Waals surface area contributed by atoms with E-state index < -0.39 is 120 Å². The standard InChI is InChI=1S/C19H22F3N5O4S.C19H22N6O4S.C18H22BrN5O4S.C18H23N5O5S/c1-2-23-17-24-13-15(29)14(28)11(31-16(13)32-17)8-27-9-12(25-26-27)18(30,19(20,21)22)10-6-4-3-5-7-10;1-2-21-19-22-15-17(27)16(26)14(29-18(15)30-19)9-25-8-12(23-24-25)10-28-13-5-3-4-11(6-13)7-20;1-2-20-18-21-14-16(26)15(25)13(28-17(14)29-18)8-24-7-11(22-23-24)9-27-12-5-3-4-10(19)6-12;1-2-19-18-20-14-16(26)15(25)13(28-17(14)29-18)8-23-7-10(21-22-23)9-27-12-5-3-4-11(24)6-12/h3-7,9,11,13-16,28-30H,2,8H2,1H3,(H,23,24);3-6,8,14-18,26-27H,2,9-10H2,1H3,(H,21,22);3-7,13-17,25-26H,2,8-9H2,1H3,(H,20,21);3-7,13-17,24-26H,2,8-9H2,1H3,(H,19,20)/t11-,13-,14-,15-,16-,18?;14-,15-,16-,17-,18-;2*13-,14-,15-,16-,17-/m1111/s1. The van der Waals surface area contributed by atoms with Crippen LogP contribution < -0.4 is 35.5 Å². The van der Waals surface area contributed by atoms with Crippen LogP contribution in [0, 0.1) is 11.3 Å². The zero-order valence-corrected chi connectivity index (χ0v) is 69.4. The maximum absolute atomic E-state index is 13.9. The molecule has 14 N–H and O–H groups in total. The molecule has 0 saturated carbocycles. The van der Waals surface area contributed by atoms with E-state index in [0.717, 1.165) is 38.4 Å². The lowest BCUT2D eigenvalue weighted by atomic mass is 9.90. The predicted octanol–water partition coefficient (Wildman–Crippen LogP) is 2.10. The van der Waals surface area contributed by atoms with Crippen molar-refractivity contribution < 1.29 is 97.4 Å². The van der Waals surface area contributed by atoms with Crippen LogP contribution in [-0.4, -0.2) is 283 Å². The molecule has 8 saturated heterocycles. The first kappa shape index (κ1) is 88.9. The van der Waals surface area contributed by atoms with E-state index in [9.17, 15) is 64.2 Å². The van der Waals surface area contributed by atoms with Gasteiger partial charge in [0.2, 0.25) is 5.60 Å². The van der Waals surface area contributed by atoms with Gasteiger partial charge in [-0.05, 0) is 81.8 Å². The fraction of sp³-hybridized carbons (Fsp3) is 0.500. The summed E-state index contributed by atoms with van der Waals surface area (Å²) in [6, 6.07) is 27.8. The molecular weight excluding hydrogens is 1720 g/mol. The second-order valence-electron chi connectivity index (χ2n) is 28.0. The van der Waals surface area contributed by atoms with E-state index in [-0.39, 0.29) is 74.1 Å². The number of aliphatic hydroxyl groups excluding tert-OH is 8. The minimum absolute atomic E-state index is 0.123. The topological polar surface area (TPSA) is 511 Å². The number of phenols is 1. The number of ether oxygens (including phenoxy) is 7. The Hall–Kier alpha value is -8.84. The van der Waals surface area contributed by atoms with E-state index in [0.29, 0.717) is 75.8 Å². The third kappa shape index (κ3) is 21.6. The van der Waals surface area contributed by atoms with Crippen LogP contribution in [0.25, 0.3) is 0 Å². The van der Waals surface area contributed by atoms with Crippen LogP contribution in [-0.2, 0) is 70.5 Å². The van der Waals surface area contributed by atoms with Crippen molar-refractivity contribution in [3.05, 3.63) is 166 Å². The SMILES string of the molecule is CCN=C1N[C@@H]2[C@@H](O)[C@H](O)[C@@H](Cn3cc(C(O)(c4ccccc4)C(F)(F)F)nn3)O[C@@H]2S1.CCN=C1N[C@@H]2[C@@H](O)[C@H](O)[C@@H](Cn3cc(COc4cccc(Br)c4)nn3)O[C@@H]2S1.CCN=C1N[C@@H]2[C@@H](O)[C@H](O)[C@@H](Cn3cc(COc4cccc(C#N)c4)nn3)O[C@@H]2S1.CCN=C1N[C@@H]2[C@@H](O)[C@H](O)[C@@H](Cn3cc(COc4cccc(O)c4)nn3)O[C@@H]2S1. The summed E-state index contributed by atoms with van der Waals surface area (Å²) in [4.78, 5) is 17.2. The van der Waals surface area contributed by atoms with Crippen LogP contribution in [0.2, 0.25) is 0 Å². The Bertz CT molecular complexity index is 4750. The van der Waals surface area contributed by atoms with E-state index >= 15 is 0 Å². The van der Waals surface area contributed by atoms with E-state index in [1.807, 2.05) is 52.0 Å². The first-order chi connectivity index (χ1) is 57.8. The second-order valence-corrected chi connectivity index (χ2v) is 33.3. The van der Waals surface area contributed by atoms with Gasteiger partial charge < -0.3 is 105 Å². The summed E-state index contributed by atoms with van der Waals surface area (Å²) in [7, 11) is 0. The second kappa shape index (κ2) is 40.4. The number of hydrogen-bond donors (Lipinski definition) is 14. The normalized spacial score (nSPS) is 30.2. The Morgan fingerprint density at radius 2 is 0.800 bits per heavy atom. The Morgan fingerprint density at radius 1 is 0.458 bits per heavy atom. The number of aromatic nitrogens is 12. The summed E-state index contributed by atoms with van der Waals surface area (Å²) in [5, 5.41) is 160. The molecule has 38 nitrogen and oxygen atoms in total. The van der Waals surface area contributed by atoms with E-state index in [1.54, 1.807) is 75.1 Å². The predicted molar refractivity (Wildman–Crippen MR) is 435 cm³/mol. The molecule has 4 aromatic heterocycles. The number of nitrogens with one attached hydrogen (secondary N) is 4. The number of alkyl halides is 3. The van der Waals surface area contributed by atoms with Crippen molar-refractivity contribution in [2.24, 2.45) is 20.0 Å². The number of thioether (sulfide) groups is 4. The highest BCUT2D eigenvalue weighted by Gasteiger charge is 2.59. The fourth-order valence-corrected chi connectivity index (χ4v) is 18.7. The molecule has 120 heavy (non-hydrogen) atoms. The van der Waals surface area contributed by atoms with Gasteiger partial charge in [0.25, 0.3) is 0 Å². The molecule has 0 aliphatic carbocycles. The number of fused-ring (bicyclic) bond motifs is 4. The monoisotopic (exact) mass is 1810 g/mol. The molecule has 8 aliphatic rings. The molecule has 21 atom stereocenters. The van der Waals surface area contributed by atoms with Crippen molar-refractivity contribution in [3.8, 4) is 29.1 Å². The van der Waals surface area contributed by atoms with Crippen molar-refractivity contribution in [3.63, 3.8) is 0 Å².